The number of allylic oxidation sites excluding steroid dienone is 1. The van der Waals surface area contributed by atoms with Crippen LogP contribution in [0.3, 0.4) is 0 Å². The summed E-state index contributed by atoms with van der Waals surface area (Å²) in [5, 5.41) is 0. The van der Waals surface area contributed by atoms with E-state index in [4.69, 9.17) is 4.52 Å². The molecule has 0 aromatic rings. The highest BCUT2D eigenvalue weighted by Crippen LogP contribution is 2.23. The fourth-order valence-corrected chi connectivity index (χ4v) is 1.04. The number of rotatable bonds is 4. The van der Waals surface area contributed by atoms with Crippen LogP contribution >= 0.6 is 8.03 Å². The highest BCUT2D eigenvalue weighted by atomic mass is 31.1. The van der Waals surface area contributed by atoms with E-state index in [0.29, 0.717) is 6.61 Å². The highest BCUT2D eigenvalue weighted by Gasteiger charge is 2.08. The van der Waals surface area contributed by atoms with Gasteiger partial charge in [-0.15, -0.1) is 4.52 Å². The summed E-state index contributed by atoms with van der Waals surface area (Å²) in [4.78, 5) is 0. The zero-order valence-corrected chi connectivity index (χ0v) is 6.73. The summed E-state index contributed by atoms with van der Waals surface area (Å²) in [6.07, 6.45) is 2.65. The van der Waals surface area contributed by atoms with Crippen LogP contribution in [0.25, 0.3) is 0 Å². The van der Waals surface area contributed by atoms with Gasteiger partial charge >= 0.3 is 8.03 Å². The van der Waals surface area contributed by atoms with Crippen LogP contribution in [0, 0.1) is 0 Å². The Labute approximate surface area is 56.8 Å². The molecule has 1 unspecified atom stereocenters. The molecule has 0 amide bonds. The quantitative estimate of drug-likeness (QED) is 0.571. The Morgan fingerprint density at radius 3 is 2.78 bits per heavy atom. The van der Waals surface area contributed by atoms with E-state index in [0.717, 1.165) is 6.42 Å². The Hall–Kier alpha value is -0.200. The summed E-state index contributed by atoms with van der Waals surface area (Å²) in [5.41, 5.74) is 0. The van der Waals surface area contributed by atoms with Gasteiger partial charge in [-0.05, 0) is 24.0 Å². The first-order valence-corrected chi connectivity index (χ1v) is 4.28. The average molecular weight is 147 g/mol. The van der Waals surface area contributed by atoms with Crippen molar-refractivity contribution < 1.29 is 9.09 Å². The molecule has 0 N–H and O–H groups in total. The van der Waals surface area contributed by atoms with Crippen molar-refractivity contribution in [2.45, 2.75) is 20.3 Å². The number of hydrogen-bond acceptors (Lipinski definition) is 2. The zero-order chi connectivity index (χ0) is 7.11. The third-order valence-corrected chi connectivity index (χ3v) is 1.67. The first kappa shape index (κ1) is 8.80. The van der Waals surface area contributed by atoms with Crippen LogP contribution in [0.2, 0.25) is 0 Å². The molecule has 0 aliphatic rings. The van der Waals surface area contributed by atoms with Crippen molar-refractivity contribution in [2.75, 3.05) is 6.61 Å². The summed E-state index contributed by atoms with van der Waals surface area (Å²) in [6, 6.07) is 0. The van der Waals surface area contributed by atoms with Gasteiger partial charge in [0.1, 0.15) is 6.61 Å². The second kappa shape index (κ2) is 5.93. The van der Waals surface area contributed by atoms with E-state index in [1.807, 2.05) is 13.8 Å². The van der Waals surface area contributed by atoms with E-state index in [2.05, 4.69) is 0 Å². The molecule has 0 bridgehead atoms. The minimum atomic E-state index is -1.52. The maximum Gasteiger partial charge on any atom is 0.540 e. The first-order valence-electron chi connectivity index (χ1n) is 3.03. The van der Waals surface area contributed by atoms with Crippen molar-refractivity contribution in [1.82, 2.24) is 0 Å². The standard InChI is InChI=1S/C6H12O2P/c1-3-5-8-9(7)6-4-2/h4,6H,3,5H2,1-2H3/q+1. The molecule has 0 spiro atoms. The fourth-order valence-electron chi connectivity index (χ4n) is 0.346. The molecule has 0 fully saturated rings. The van der Waals surface area contributed by atoms with Crippen LogP contribution in [0.1, 0.15) is 20.3 Å². The third-order valence-electron chi connectivity index (χ3n) is 0.693. The molecule has 0 radical (unpaired) electrons. The van der Waals surface area contributed by atoms with E-state index < -0.39 is 8.03 Å². The van der Waals surface area contributed by atoms with Crippen molar-refractivity contribution in [3.05, 3.63) is 11.9 Å². The van der Waals surface area contributed by atoms with Crippen molar-refractivity contribution in [1.29, 1.82) is 0 Å². The van der Waals surface area contributed by atoms with Gasteiger partial charge in [0.25, 0.3) is 0 Å². The Bertz CT molecular complexity index is 110. The molecule has 2 nitrogen and oxygen atoms in total. The molecule has 0 aromatic carbocycles. The van der Waals surface area contributed by atoms with Crippen molar-refractivity contribution in [2.24, 2.45) is 0 Å². The van der Waals surface area contributed by atoms with Gasteiger partial charge < -0.3 is 0 Å². The molecule has 0 aliphatic heterocycles. The lowest BCUT2D eigenvalue weighted by atomic mass is 10.5. The second-order valence-electron chi connectivity index (χ2n) is 1.60. The fraction of sp³-hybridized carbons (Fsp3) is 0.667. The molecule has 0 heterocycles. The monoisotopic (exact) mass is 147 g/mol. The largest absolute Gasteiger partial charge is 0.540 e. The molecule has 0 aliphatic carbocycles. The Balaban J connectivity index is 3.27. The van der Waals surface area contributed by atoms with Gasteiger partial charge in [-0.1, -0.05) is 6.92 Å². The lowest BCUT2D eigenvalue weighted by Crippen LogP contribution is -1.79. The maximum atomic E-state index is 10.6. The molecule has 0 aromatic heterocycles. The molecular formula is C6H12O2P+. The molecule has 0 saturated heterocycles. The predicted octanol–water partition coefficient (Wildman–Crippen LogP) is 2.69. The zero-order valence-electron chi connectivity index (χ0n) is 5.83. The smallest absolute Gasteiger partial charge is 0.142 e. The van der Waals surface area contributed by atoms with Crippen LogP contribution in [0.4, 0.5) is 0 Å². The lowest BCUT2D eigenvalue weighted by Gasteiger charge is -1.79. The van der Waals surface area contributed by atoms with Crippen LogP contribution in [0.15, 0.2) is 11.9 Å². The Morgan fingerprint density at radius 2 is 2.33 bits per heavy atom. The SMILES string of the molecule is CC=C[P+](=O)OCCC. The van der Waals surface area contributed by atoms with Gasteiger partial charge in [-0.25, -0.2) is 0 Å². The summed E-state index contributed by atoms with van der Waals surface area (Å²) in [6.45, 7) is 4.39. The average Bonchev–Trinajstić information content (AvgIpc) is 1.85. The van der Waals surface area contributed by atoms with Crippen LogP contribution in [-0.2, 0) is 9.09 Å². The highest BCUT2D eigenvalue weighted by molar-refractivity contribution is 7.42. The van der Waals surface area contributed by atoms with E-state index >= 15 is 0 Å². The van der Waals surface area contributed by atoms with Crippen molar-refractivity contribution in [3.8, 4) is 0 Å². The van der Waals surface area contributed by atoms with Gasteiger partial charge in [0, 0.05) is 0 Å². The first-order chi connectivity index (χ1) is 4.31. The normalized spacial score (nSPS) is 12.4. The minimum Gasteiger partial charge on any atom is -0.142 e. The molecule has 1 atom stereocenters. The summed E-state index contributed by atoms with van der Waals surface area (Å²) >= 11 is 0. The summed E-state index contributed by atoms with van der Waals surface area (Å²) < 4.78 is 15.5. The van der Waals surface area contributed by atoms with Crippen molar-refractivity contribution in [3.63, 3.8) is 0 Å². The molecule has 9 heavy (non-hydrogen) atoms. The van der Waals surface area contributed by atoms with Gasteiger partial charge in [-0.2, -0.15) is 0 Å². The molecular weight excluding hydrogens is 135 g/mol. The van der Waals surface area contributed by atoms with E-state index in [1.165, 1.54) is 0 Å². The van der Waals surface area contributed by atoms with E-state index in [9.17, 15) is 4.57 Å². The summed E-state index contributed by atoms with van der Waals surface area (Å²) in [5.74, 6) is 1.56. The van der Waals surface area contributed by atoms with Crippen molar-refractivity contribution >= 4 is 8.03 Å². The topological polar surface area (TPSA) is 26.3 Å². The second-order valence-corrected chi connectivity index (χ2v) is 2.73. The molecule has 0 saturated carbocycles. The number of hydrogen-bond donors (Lipinski definition) is 0. The van der Waals surface area contributed by atoms with Crippen LogP contribution < -0.4 is 0 Å². The van der Waals surface area contributed by atoms with E-state index in [-0.39, 0.29) is 0 Å². The van der Waals surface area contributed by atoms with Gasteiger partial charge in [0.15, 0.2) is 5.82 Å². The Morgan fingerprint density at radius 1 is 1.67 bits per heavy atom. The Kier molecular flexibility index (Phi) is 5.80. The van der Waals surface area contributed by atoms with E-state index in [1.54, 1.807) is 11.9 Å². The maximum absolute atomic E-state index is 10.6. The van der Waals surface area contributed by atoms with Crippen LogP contribution in [-0.4, -0.2) is 6.61 Å². The predicted molar refractivity (Wildman–Crippen MR) is 38.7 cm³/mol. The molecule has 52 valence electrons. The molecule has 0 rings (SSSR count). The molecule has 3 heteroatoms. The third kappa shape index (κ3) is 5.67. The summed E-state index contributed by atoms with van der Waals surface area (Å²) in [7, 11) is -1.52. The van der Waals surface area contributed by atoms with Gasteiger partial charge in [-0.3, -0.25) is 0 Å². The van der Waals surface area contributed by atoms with Gasteiger partial charge in [0.05, 0.1) is 0 Å². The van der Waals surface area contributed by atoms with Crippen LogP contribution in [0.5, 0.6) is 0 Å². The lowest BCUT2D eigenvalue weighted by molar-refractivity contribution is 0.334. The minimum absolute atomic E-state index is 0.583. The van der Waals surface area contributed by atoms with Gasteiger partial charge in [0.2, 0.25) is 0 Å².